The van der Waals surface area contributed by atoms with E-state index >= 15 is 0 Å². The summed E-state index contributed by atoms with van der Waals surface area (Å²) in [7, 11) is 0. The molecule has 1 aromatic heterocycles. The standard InChI is InChI=1S/C21H18ClF3N4O2/c22-15-3-6-17-13(11-15)12-18(27-17)19(30)28-7-9-29(10-8-28)20(31)26-16-4-1-14(2-5-16)21(23,24)25/h1-6,11-12,27H,7-10H2,(H,26,31). The van der Waals surface area contributed by atoms with Crippen LogP contribution in [0.3, 0.4) is 0 Å². The lowest BCUT2D eigenvalue weighted by molar-refractivity contribution is -0.137. The molecule has 1 aliphatic rings. The van der Waals surface area contributed by atoms with Crippen LogP contribution in [0.25, 0.3) is 10.9 Å². The number of alkyl halides is 3. The number of fused-ring (bicyclic) bond motifs is 1. The van der Waals surface area contributed by atoms with E-state index in [9.17, 15) is 22.8 Å². The van der Waals surface area contributed by atoms with Gasteiger partial charge in [-0.2, -0.15) is 13.2 Å². The molecule has 4 rings (SSSR count). The number of halogens is 4. The third-order valence-corrected chi connectivity index (χ3v) is 5.37. The number of nitrogens with one attached hydrogen (secondary N) is 2. The minimum Gasteiger partial charge on any atom is -0.351 e. The van der Waals surface area contributed by atoms with E-state index in [1.54, 1.807) is 29.2 Å². The highest BCUT2D eigenvalue weighted by molar-refractivity contribution is 6.31. The molecule has 0 radical (unpaired) electrons. The number of carbonyl (C=O) groups excluding carboxylic acids is 2. The topological polar surface area (TPSA) is 68.4 Å². The minimum atomic E-state index is -4.43. The summed E-state index contributed by atoms with van der Waals surface area (Å²) in [5.41, 5.74) is 0.743. The van der Waals surface area contributed by atoms with Gasteiger partial charge in [-0.15, -0.1) is 0 Å². The molecule has 1 saturated heterocycles. The molecule has 31 heavy (non-hydrogen) atoms. The van der Waals surface area contributed by atoms with Crippen LogP contribution in [0, 0.1) is 0 Å². The number of carbonyl (C=O) groups is 2. The molecule has 1 fully saturated rings. The van der Waals surface area contributed by atoms with Gasteiger partial charge in [0.25, 0.3) is 5.91 Å². The SMILES string of the molecule is O=C(Nc1ccc(C(F)(F)F)cc1)N1CCN(C(=O)c2cc3cc(Cl)ccc3[nH]2)CC1. The highest BCUT2D eigenvalue weighted by atomic mass is 35.5. The van der Waals surface area contributed by atoms with Crippen molar-refractivity contribution in [2.24, 2.45) is 0 Å². The molecule has 2 heterocycles. The first kappa shape index (κ1) is 21.0. The zero-order chi connectivity index (χ0) is 22.2. The summed E-state index contributed by atoms with van der Waals surface area (Å²) in [4.78, 5) is 31.4. The highest BCUT2D eigenvalue weighted by Gasteiger charge is 2.30. The number of nitrogens with zero attached hydrogens (tertiary/aromatic N) is 2. The number of rotatable bonds is 2. The second kappa shape index (κ2) is 8.14. The van der Waals surface area contributed by atoms with Crippen molar-refractivity contribution < 1.29 is 22.8 Å². The maximum absolute atomic E-state index is 12.8. The zero-order valence-electron chi connectivity index (χ0n) is 16.2. The fourth-order valence-corrected chi connectivity index (χ4v) is 3.63. The quantitative estimate of drug-likeness (QED) is 0.587. The van der Waals surface area contributed by atoms with E-state index in [0.29, 0.717) is 36.9 Å². The Kier molecular flexibility index (Phi) is 5.53. The average Bonchev–Trinajstić information content (AvgIpc) is 3.16. The number of aromatic amines is 1. The Hall–Kier alpha value is -3.20. The van der Waals surface area contributed by atoms with Gasteiger partial charge in [-0.25, -0.2) is 4.79 Å². The van der Waals surface area contributed by atoms with Gasteiger partial charge < -0.3 is 20.1 Å². The van der Waals surface area contributed by atoms with Gasteiger partial charge in [-0.1, -0.05) is 11.6 Å². The third kappa shape index (κ3) is 4.61. The smallest absolute Gasteiger partial charge is 0.351 e. The Labute approximate surface area is 180 Å². The molecule has 6 nitrogen and oxygen atoms in total. The van der Waals surface area contributed by atoms with Crippen LogP contribution in [0.4, 0.5) is 23.7 Å². The summed E-state index contributed by atoms with van der Waals surface area (Å²) in [6.07, 6.45) is -4.43. The third-order valence-electron chi connectivity index (χ3n) is 5.13. The highest BCUT2D eigenvalue weighted by Crippen LogP contribution is 2.30. The van der Waals surface area contributed by atoms with Gasteiger partial charge in [0.05, 0.1) is 5.56 Å². The lowest BCUT2D eigenvalue weighted by Gasteiger charge is -2.34. The largest absolute Gasteiger partial charge is 0.416 e. The monoisotopic (exact) mass is 450 g/mol. The Morgan fingerprint density at radius 1 is 0.935 bits per heavy atom. The second-order valence-corrected chi connectivity index (χ2v) is 7.64. The molecular weight excluding hydrogens is 433 g/mol. The van der Waals surface area contributed by atoms with Gasteiger partial charge in [0.1, 0.15) is 5.69 Å². The molecule has 3 aromatic rings. The van der Waals surface area contributed by atoms with Crippen LogP contribution in [0.1, 0.15) is 16.1 Å². The van der Waals surface area contributed by atoms with E-state index < -0.39 is 17.8 Å². The van der Waals surface area contributed by atoms with Crippen molar-refractivity contribution in [3.8, 4) is 0 Å². The normalized spacial score (nSPS) is 14.7. The Morgan fingerprint density at radius 3 is 2.23 bits per heavy atom. The predicted octanol–water partition coefficient (Wildman–Crippen LogP) is 4.83. The van der Waals surface area contributed by atoms with Gasteiger partial charge in [-0.3, -0.25) is 4.79 Å². The van der Waals surface area contributed by atoms with Gasteiger partial charge in [0.2, 0.25) is 0 Å². The van der Waals surface area contributed by atoms with Crippen LogP contribution in [-0.2, 0) is 6.18 Å². The number of H-pyrrole nitrogens is 1. The summed E-state index contributed by atoms with van der Waals surface area (Å²) < 4.78 is 37.9. The number of aromatic nitrogens is 1. The van der Waals surface area contributed by atoms with Crippen LogP contribution >= 0.6 is 11.6 Å². The fraction of sp³-hybridized carbons (Fsp3) is 0.238. The lowest BCUT2D eigenvalue weighted by Crippen LogP contribution is -2.51. The number of hydrogen-bond donors (Lipinski definition) is 2. The van der Waals surface area contributed by atoms with Crippen LogP contribution in [-0.4, -0.2) is 52.9 Å². The molecule has 0 saturated carbocycles. The number of benzene rings is 2. The van der Waals surface area contributed by atoms with Crippen molar-refractivity contribution >= 4 is 40.1 Å². The number of piperazine rings is 1. The lowest BCUT2D eigenvalue weighted by atomic mass is 10.2. The van der Waals surface area contributed by atoms with Crippen molar-refractivity contribution in [1.82, 2.24) is 14.8 Å². The molecule has 0 bridgehead atoms. The molecule has 3 amide bonds. The molecule has 162 valence electrons. The summed E-state index contributed by atoms with van der Waals surface area (Å²) >= 11 is 5.98. The molecule has 0 spiro atoms. The summed E-state index contributed by atoms with van der Waals surface area (Å²) in [6.45, 7) is 1.30. The molecule has 1 aliphatic heterocycles. The Bertz CT molecular complexity index is 1120. The van der Waals surface area contributed by atoms with Crippen molar-refractivity contribution in [3.63, 3.8) is 0 Å². The first-order valence-corrected chi connectivity index (χ1v) is 9.89. The summed E-state index contributed by atoms with van der Waals surface area (Å²) in [5, 5.41) is 4.01. The van der Waals surface area contributed by atoms with E-state index in [2.05, 4.69) is 10.3 Å². The van der Waals surface area contributed by atoms with Crippen LogP contribution in [0.5, 0.6) is 0 Å². The molecule has 2 aromatic carbocycles. The maximum Gasteiger partial charge on any atom is 0.416 e. The van der Waals surface area contributed by atoms with E-state index in [4.69, 9.17) is 11.6 Å². The van der Waals surface area contributed by atoms with E-state index in [1.807, 2.05) is 0 Å². The van der Waals surface area contributed by atoms with Gasteiger partial charge >= 0.3 is 12.2 Å². The first-order chi connectivity index (χ1) is 14.7. The Balaban J connectivity index is 1.34. The van der Waals surface area contributed by atoms with E-state index in [1.165, 1.54) is 17.0 Å². The van der Waals surface area contributed by atoms with Crippen LogP contribution in [0.15, 0.2) is 48.5 Å². The van der Waals surface area contributed by atoms with Crippen molar-refractivity contribution in [3.05, 3.63) is 64.8 Å². The molecule has 2 N–H and O–H groups in total. The molecule has 0 atom stereocenters. The van der Waals surface area contributed by atoms with Gasteiger partial charge in [0.15, 0.2) is 0 Å². The number of anilines is 1. The predicted molar refractivity (Wildman–Crippen MR) is 111 cm³/mol. The van der Waals surface area contributed by atoms with Crippen molar-refractivity contribution in [2.45, 2.75) is 6.18 Å². The maximum atomic E-state index is 12.8. The zero-order valence-corrected chi connectivity index (χ0v) is 16.9. The number of urea groups is 1. The van der Waals surface area contributed by atoms with Crippen molar-refractivity contribution in [1.29, 1.82) is 0 Å². The summed E-state index contributed by atoms with van der Waals surface area (Å²) in [5.74, 6) is -0.171. The van der Waals surface area contributed by atoms with Gasteiger partial charge in [0, 0.05) is 47.8 Å². The Morgan fingerprint density at radius 2 is 1.58 bits per heavy atom. The van der Waals surface area contributed by atoms with Crippen molar-refractivity contribution in [2.75, 3.05) is 31.5 Å². The molecule has 10 heteroatoms. The van der Waals surface area contributed by atoms with Crippen LogP contribution < -0.4 is 5.32 Å². The van der Waals surface area contributed by atoms with Crippen LogP contribution in [0.2, 0.25) is 5.02 Å². The minimum absolute atomic E-state index is 0.171. The van der Waals surface area contributed by atoms with E-state index in [0.717, 1.165) is 23.0 Å². The molecule has 0 aliphatic carbocycles. The average molecular weight is 451 g/mol. The first-order valence-electron chi connectivity index (χ1n) is 9.51. The molecule has 0 unspecified atom stereocenters. The fourth-order valence-electron chi connectivity index (χ4n) is 3.45. The van der Waals surface area contributed by atoms with E-state index in [-0.39, 0.29) is 11.6 Å². The number of hydrogen-bond acceptors (Lipinski definition) is 2. The summed E-state index contributed by atoms with van der Waals surface area (Å²) in [6, 6.07) is 10.9. The number of amides is 3. The molecular formula is C21H18ClF3N4O2. The second-order valence-electron chi connectivity index (χ2n) is 7.20. The van der Waals surface area contributed by atoms with Gasteiger partial charge in [-0.05, 0) is 48.5 Å².